The van der Waals surface area contributed by atoms with Crippen LogP contribution in [0.4, 0.5) is 5.69 Å². The normalized spacial score (nSPS) is 22.5. The Hall–Kier alpha value is -2.08. The van der Waals surface area contributed by atoms with E-state index in [4.69, 9.17) is 14.2 Å². The summed E-state index contributed by atoms with van der Waals surface area (Å²) in [6, 6.07) is 5.00. The molecule has 6 nitrogen and oxygen atoms in total. The van der Waals surface area contributed by atoms with Gasteiger partial charge >= 0.3 is 5.97 Å². The smallest absolute Gasteiger partial charge is 0.341 e. The Morgan fingerprint density at radius 3 is 2.69 bits per heavy atom. The molecule has 2 unspecified atom stereocenters. The molecule has 1 aliphatic carbocycles. The van der Waals surface area contributed by atoms with E-state index in [0.29, 0.717) is 42.4 Å². The molecule has 1 aromatic rings. The van der Waals surface area contributed by atoms with Gasteiger partial charge in [-0.05, 0) is 49.8 Å². The number of ether oxygens (including phenoxy) is 3. The predicted molar refractivity (Wildman–Crippen MR) is 99.6 cm³/mol. The molecule has 2 rings (SSSR count). The Morgan fingerprint density at radius 2 is 2.08 bits per heavy atom. The number of amides is 1. The van der Waals surface area contributed by atoms with Crippen molar-refractivity contribution in [3.63, 3.8) is 0 Å². The summed E-state index contributed by atoms with van der Waals surface area (Å²) in [7, 11) is 2.90. The van der Waals surface area contributed by atoms with E-state index < -0.39 is 11.6 Å². The number of nitrogens with one attached hydrogen (secondary N) is 1. The monoisotopic (exact) mass is 363 g/mol. The third kappa shape index (κ3) is 4.55. The standard InChI is InChI=1S/C20H29NO5/c1-5-11-26-17-9-8-15(12-16(17)18(22)24-3)21-19(23)20(25-4)10-6-7-14(2)13-20/h8-9,12,14H,5-7,10-11,13H2,1-4H3,(H,21,23). The van der Waals surface area contributed by atoms with Crippen LogP contribution in [0.1, 0.15) is 56.3 Å². The molecule has 1 aromatic carbocycles. The molecule has 1 amide bonds. The zero-order valence-electron chi connectivity index (χ0n) is 16.1. The lowest BCUT2D eigenvalue weighted by molar-refractivity contribution is -0.143. The molecule has 0 aliphatic heterocycles. The number of methoxy groups -OCH3 is 2. The minimum Gasteiger partial charge on any atom is -0.493 e. The summed E-state index contributed by atoms with van der Waals surface area (Å²) in [6.07, 6.45) is 4.28. The largest absolute Gasteiger partial charge is 0.493 e. The summed E-state index contributed by atoms with van der Waals surface area (Å²) in [5.41, 5.74) is -0.00311. The number of benzene rings is 1. The van der Waals surface area contributed by atoms with Crippen molar-refractivity contribution in [3.05, 3.63) is 23.8 Å². The molecule has 0 aromatic heterocycles. The lowest BCUT2D eigenvalue weighted by atomic mass is 9.78. The van der Waals surface area contributed by atoms with Crippen LogP contribution in [0.3, 0.4) is 0 Å². The first-order chi connectivity index (χ1) is 12.5. The molecule has 1 saturated carbocycles. The molecule has 144 valence electrons. The topological polar surface area (TPSA) is 73.9 Å². The number of anilines is 1. The third-order valence-corrected chi connectivity index (χ3v) is 4.86. The number of hydrogen-bond acceptors (Lipinski definition) is 5. The van der Waals surface area contributed by atoms with Gasteiger partial charge in [0.15, 0.2) is 0 Å². The van der Waals surface area contributed by atoms with Gasteiger partial charge in [0.05, 0.1) is 13.7 Å². The van der Waals surface area contributed by atoms with Crippen LogP contribution in [-0.4, -0.2) is 38.3 Å². The van der Waals surface area contributed by atoms with Gasteiger partial charge < -0.3 is 19.5 Å². The van der Waals surface area contributed by atoms with Crippen LogP contribution in [0.2, 0.25) is 0 Å². The molecule has 0 saturated heterocycles. The molecule has 1 aliphatic rings. The van der Waals surface area contributed by atoms with Crippen LogP contribution in [0.5, 0.6) is 5.75 Å². The zero-order chi connectivity index (χ0) is 19.2. The van der Waals surface area contributed by atoms with Crippen molar-refractivity contribution in [2.24, 2.45) is 5.92 Å². The van der Waals surface area contributed by atoms with Gasteiger partial charge in [-0.15, -0.1) is 0 Å². The predicted octanol–water partition coefficient (Wildman–Crippen LogP) is 3.80. The van der Waals surface area contributed by atoms with Gasteiger partial charge in [-0.3, -0.25) is 4.79 Å². The summed E-state index contributed by atoms with van der Waals surface area (Å²) in [5, 5.41) is 2.90. The third-order valence-electron chi connectivity index (χ3n) is 4.86. The van der Waals surface area contributed by atoms with Crippen LogP contribution >= 0.6 is 0 Å². The van der Waals surface area contributed by atoms with Crippen molar-refractivity contribution in [2.45, 2.75) is 51.6 Å². The maximum absolute atomic E-state index is 12.9. The molecule has 0 radical (unpaired) electrons. The Bertz CT molecular complexity index is 645. The first kappa shape index (κ1) is 20.2. The van der Waals surface area contributed by atoms with E-state index in [1.165, 1.54) is 7.11 Å². The molecule has 2 atom stereocenters. The Kier molecular flexibility index (Phi) is 7.03. The number of carbonyl (C=O) groups is 2. The summed E-state index contributed by atoms with van der Waals surface area (Å²) in [6.45, 7) is 4.62. The molecule has 0 bridgehead atoms. The van der Waals surface area contributed by atoms with E-state index in [9.17, 15) is 9.59 Å². The van der Waals surface area contributed by atoms with Crippen LogP contribution in [0.25, 0.3) is 0 Å². The fraction of sp³-hybridized carbons (Fsp3) is 0.600. The lowest BCUT2D eigenvalue weighted by Gasteiger charge is -2.37. The molecule has 1 N–H and O–H groups in total. The number of rotatable bonds is 7. The first-order valence-corrected chi connectivity index (χ1v) is 9.17. The number of carbonyl (C=O) groups excluding carboxylic acids is 2. The van der Waals surface area contributed by atoms with Crippen molar-refractivity contribution in [2.75, 3.05) is 26.1 Å². The minimum atomic E-state index is -0.819. The lowest BCUT2D eigenvalue weighted by Crippen LogP contribution is -2.47. The fourth-order valence-electron chi connectivity index (χ4n) is 3.45. The fourth-order valence-corrected chi connectivity index (χ4v) is 3.45. The van der Waals surface area contributed by atoms with Crippen molar-refractivity contribution in [1.29, 1.82) is 0 Å². The molecule has 26 heavy (non-hydrogen) atoms. The highest BCUT2D eigenvalue weighted by Gasteiger charge is 2.42. The summed E-state index contributed by atoms with van der Waals surface area (Å²) >= 11 is 0. The van der Waals surface area contributed by atoms with Crippen LogP contribution in [0, 0.1) is 5.92 Å². The van der Waals surface area contributed by atoms with Gasteiger partial charge in [0.1, 0.15) is 16.9 Å². The van der Waals surface area contributed by atoms with Gasteiger partial charge in [-0.25, -0.2) is 4.79 Å². The summed E-state index contributed by atoms with van der Waals surface area (Å²) in [4.78, 5) is 24.9. The quantitative estimate of drug-likeness (QED) is 0.746. The van der Waals surface area contributed by atoms with Gasteiger partial charge in [0.25, 0.3) is 5.91 Å². The molecule has 6 heteroatoms. The maximum atomic E-state index is 12.9. The average molecular weight is 363 g/mol. The highest BCUT2D eigenvalue weighted by molar-refractivity contribution is 5.99. The van der Waals surface area contributed by atoms with Crippen LogP contribution < -0.4 is 10.1 Å². The van der Waals surface area contributed by atoms with E-state index in [-0.39, 0.29) is 5.91 Å². The van der Waals surface area contributed by atoms with E-state index >= 15 is 0 Å². The first-order valence-electron chi connectivity index (χ1n) is 9.17. The number of esters is 1. The Morgan fingerprint density at radius 1 is 1.31 bits per heavy atom. The second-order valence-electron chi connectivity index (χ2n) is 6.91. The maximum Gasteiger partial charge on any atom is 0.341 e. The van der Waals surface area contributed by atoms with Gasteiger partial charge in [-0.2, -0.15) is 0 Å². The second-order valence-corrected chi connectivity index (χ2v) is 6.91. The minimum absolute atomic E-state index is 0.176. The highest BCUT2D eigenvalue weighted by Crippen LogP contribution is 2.36. The van der Waals surface area contributed by atoms with Gasteiger partial charge in [0, 0.05) is 12.8 Å². The van der Waals surface area contributed by atoms with Crippen molar-refractivity contribution in [1.82, 2.24) is 0 Å². The van der Waals surface area contributed by atoms with E-state index in [1.807, 2.05) is 6.92 Å². The Labute approximate surface area is 155 Å². The molecule has 0 spiro atoms. The SMILES string of the molecule is CCCOc1ccc(NC(=O)C2(OC)CCCC(C)C2)cc1C(=O)OC. The molecule has 1 fully saturated rings. The Balaban J connectivity index is 2.22. The molecular formula is C20H29NO5. The van der Waals surface area contributed by atoms with E-state index in [1.54, 1.807) is 25.3 Å². The number of hydrogen-bond donors (Lipinski definition) is 1. The summed E-state index contributed by atoms with van der Waals surface area (Å²) < 4.78 is 16.1. The van der Waals surface area contributed by atoms with Gasteiger partial charge in [0.2, 0.25) is 0 Å². The van der Waals surface area contributed by atoms with E-state index in [2.05, 4.69) is 12.2 Å². The second kappa shape index (κ2) is 9.03. The van der Waals surface area contributed by atoms with E-state index in [0.717, 1.165) is 19.3 Å². The zero-order valence-corrected chi connectivity index (χ0v) is 16.1. The average Bonchev–Trinajstić information content (AvgIpc) is 2.66. The van der Waals surface area contributed by atoms with Crippen LogP contribution in [-0.2, 0) is 14.3 Å². The molecular weight excluding hydrogens is 334 g/mol. The van der Waals surface area contributed by atoms with Crippen molar-refractivity contribution in [3.8, 4) is 5.75 Å². The summed E-state index contributed by atoms with van der Waals surface area (Å²) in [5.74, 6) is 0.207. The van der Waals surface area contributed by atoms with Crippen molar-refractivity contribution < 1.29 is 23.8 Å². The van der Waals surface area contributed by atoms with Gasteiger partial charge in [-0.1, -0.05) is 20.3 Å². The highest BCUT2D eigenvalue weighted by atomic mass is 16.5. The van der Waals surface area contributed by atoms with Crippen LogP contribution in [0.15, 0.2) is 18.2 Å². The van der Waals surface area contributed by atoms with Crippen molar-refractivity contribution >= 4 is 17.6 Å². The molecule has 0 heterocycles.